The first kappa shape index (κ1) is 11.6. The van der Waals surface area contributed by atoms with Crippen LogP contribution in [0.4, 0.5) is 4.79 Å². The zero-order valence-corrected chi connectivity index (χ0v) is 9.25. The van der Waals surface area contributed by atoms with Crippen molar-refractivity contribution in [2.24, 2.45) is 5.92 Å². The summed E-state index contributed by atoms with van der Waals surface area (Å²) >= 11 is 2.20. The third kappa shape index (κ3) is 4.44. The highest BCUT2D eigenvalue weighted by atomic mass is 127. The van der Waals surface area contributed by atoms with Gasteiger partial charge < -0.3 is 10.4 Å². The van der Waals surface area contributed by atoms with Crippen molar-refractivity contribution in [3.63, 3.8) is 0 Å². The standard InChI is InChI=1S/C8H12INO2/c1-3-4-7(5-9)6(2)10-8(11)12/h6-7,10H,5H2,1-2H3,(H,11,12). The highest BCUT2D eigenvalue weighted by Crippen LogP contribution is 2.06. The Bertz CT molecular complexity index is 207. The van der Waals surface area contributed by atoms with Crippen LogP contribution in [0.3, 0.4) is 0 Å². The minimum absolute atomic E-state index is 0.103. The predicted octanol–water partition coefficient (Wildman–Crippen LogP) is 1.72. The molecule has 0 heterocycles. The van der Waals surface area contributed by atoms with Gasteiger partial charge in [0, 0.05) is 16.4 Å². The summed E-state index contributed by atoms with van der Waals surface area (Å²) in [5.41, 5.74) is 0. The van der Waals surface area contributed by atoms with Gasteiger partial charge in [0.25, 0.3) is 0 Å². The van der Waals surface area contributed by atoms with Crippen molar-refractivity contribution in [3.05, 3.63) is 0 Å². The van der Waals surface area contributed by atoms with Crippen LogP contribution in [-0.4, -0.2) is 21.7 Å². The third-order valence-corrected chi connectivity index (χ3v) is 2.40. The molecule has 0 bridgehead atoms. The summed E-state index contributed by atoms with van der Waals surface area (Å²) in [4.78, 5) is 10.3. The summed E-state index contributed by atoms with van der Waals surface area (Å²) < 4.78 is 0.833. The lowest BCUT2D eigenvalue weighted by Crippen LogP contribution is -2.37. The van der Waals surface area contributed by atoms with Crippen LogP contribution in [0.2, 0.25) is 0 Å². The van der Waals surface area contributed by atoms with E-state index in [1.54, 1.807) is 6.92 Å². The lowest BCUT2D eigenvalue weighted by molar-refractivity contribution is 0.189. The van der Waals surface area contributed by atoms with E-state index in [1.165, 1.54) is 0 Å². The molecule has 0 fully saturated rings. The van der Waals surface area contributed by atoms with E-state index in [9.17, 15) is 4.79 Å². The van der Waals surface area contributed by atoms with Crippen LogP contribution in [0, 0.1) is 17.8 Å². The zero-order chi connectivity index (χ0) is 9.56. The Morgan fingerprint density at radius 3 is 2.67 bits per heavy atom. The van der Waals surface area contributed by atoms with Gasteiger partial charge in [0.2, 0.25) is 0 Å². The number of amides is 1. The summed E-state index contributed by atoms with van der Waals surface area (Å²) in [6.07, 6.45) is -0.991. The molecule has 2 unspecified atom stereocenters. The third-order valence-electron chi connectivity index (χ3n) is 1.45. The molecule has 0 aromatic heterocycles. The Morgan fingerprint density at radius 2 is 2.33 bits per heavy atom. The Labute approximate surface area is 86.1 Å². The van der Waals surface area contributed by atoms with E-state index in [1.807, 2.05) is 6.92 Å². The highest BCUT2D eigenvalue weighted by Gasteiger charge is 2.14. The molecule has 0 aromatic rings. The molecule has 0 aliphatic carbocycles. The van der Waals surface area contributed by atoms with E-state index in [4.69, 9.17) is 5.11 Å². The van der Waals surface area contributed by atoms with E-state index >= 15 is 0 Å². The number of hydrogen-bond acceptors (Lipinski definition) is 1. The number of hydrogen-bond donors (Lipinski definition) is 2. The molecule has 0 spiro atoms. The number of alkyl halides is 1. The monoisotopic (exact) mass is 281 g/mol. The van der Waals surface area contributed by atoms with Crippen LogP contribution < -0.4 is 5.32 Å². The minimum atomic E-state index is -0.991. The van der Waals surface area contributed by atoms with Gasteiger partial charge in [-0.25, -0.2) is 4.79 Å². The quantitative estimate of drug-likeness (QED) is 0.470. The van der Waals surface area contributed by atoms with Crippen LogP contribution in [0.1, 0.15) is 13.8 Å². The predicted molar refractivity (Wildman–Crippen MR) is 56.4 cm³/mol. The van der Waals surface area contributed by atoms with Crippen LogP contribution in [0.5, 0.6) is 0 Å². The largest absolute Gasteiger partial charge is 0.465 e. The van der Waals surface area contributed by atoms with Crippen molar-refractivity contribution < 1.29 is 9.90 Å². The van der Waals surface area contributed by atoms with E-state index in [0.717, 1.165) is 4.43 Å². The molecule has 0 saturated carbocycles. The minimum Gasteiger partial charge on any atom is -0.465 e. The lowest BCUT2D eigenvalue weighted by atomic mass is 10.1. The number of halogens is 1. The van der Waals surface area contributed by atoms with Gasteiger partial charge in [-0.15, -0.1) is 5.92 Å². The Morgan fingerprint density at radius 1 is 1.75 bits per heavy atom. The summed E-state index contributed by atoms with van der Waals surface area (Å²) in [5.74, 6) is 5.84. The molecule has 2 atom stereocenters. The van der Waals surface area contributed by atoms with E-state index in [2.05, 4.69) is 39.7 Å². The normalized spacial score (nSPS) is 13.9. The molecule has 1 amide bonds. The Kier molecular flexibility index (Phi) is 5.89. The zero-order valence-electron chi connectivity index (χ0n) is 7.10. The Hall–Kier alpha value is -0.440. The molecule has 0 saturated heterocycles. The number of carbonyl (C=O) groups is 1. The Balaban J connectivity index is 4.08. The number of nitrogens with one attached hydrogen (secondary N) is 1. The molecule has 3 nitrogen and oxygen atoms in total. The fraction of sp³-hybridized carbons (Fsp3) is 0.625. The fourth-order valence-electron chi connectivity index (χ4n) is 0.778. The maximum atomic E-state index is 10.3. The van der Waals surface area contributed by atoms with E-state index in [0.29, 0.717) is 0 Å². The molecule has 2 N–H and O–H groups in total. The maximum Gasteiger partial charge on any atom is 0.404 e. The second-order valence-corrected chi connectivity index (χ2v) is 3.27. The lowest BCUT2D eigenvalue weighted by Gasteiger charge is -2.16. The summed E-state index contributed by atoms with van der Waals surface area (Å²) in [6.45, 7) is 3.58. The molecule has 68 valence electrons. The van der Waals surface area contributed by atoms with E-state index < -0.39 is 6.09 Å². The maximum absolute atomic E-state index is 10.3. The first-order chi connectivity index (χ1) is 5.61. The molecule has 0 rings (SSSR count). The molecule has 0 aliphatic heterocycles. The van der Waals surface area contributed by atoms with Gasteiger partial charge in [-0.3, -0.25) is 0 Å². The van der Waals surface area contributed by atoms with Crippen LogP contribution >= 0.6 is 22.6 Å². The van der Waals surface area contributed by atoms with E-state index in [-0.39, 0.29) is 12.0 Å². The second-order valence-electron chi connectivity index (χ2n) is 2.39. The summed E-state index contributed by atoms with van der Waals surface area (Å²) in [6, 6.07) is -0.105. The molecule has 12 heavy (non-hydrogen) atoms. The molecule has 0 radical (unpaired) electrons. The van der Waals surface area contributed by atoms with Crippen molar-refractivity contribution in [1.82, 2.24) is 5.32 Å². The second kappa shape index (κ2) is 6.12. The number of rotatable bonds is 3. The van der Waals surface area contributed by atoms with Gasteiger partial charge in [0.05, 0.1) is 0 Å². The van der Waals surface area contributed by atoms with Crippen LogP contribution in [0.15, 0.2) is 0 Å². The van der Waals surface area contributed by atoms with Crippen molar-refractivity contribution in [1.29, 1.82) is 0 Å². The van der Waals surface area contributed by atoms with Crippen molar-refractivity contribution >= 4 is 28.7 Å². The van der Waals surface area contributed by atoms with Crippen molar-refractivity contribution in [2.75, 3.05) is 4.43 Å². The average molecular weight is 281 g/mol. The van der Waals surface area contributed by atoms with Crippen LogP contribution in [-0.2, 0) is 0 Å². The van der Waals surface area contributed by atoms with Gasteiger partial charge in [0.1, 0.15) is 0 Å². The molecule has 4 heteroatoms. The van der Waals surface area contributed by atoms with Gasteiger partial charge in [0.15, 0.2) is 0 Å². The molecular formula is C8H12INO2. The first-order valence-electron chi connectivity index (χ1n) is 3.59. The van der Waals surface area contributed by atoms with Gasteiger partial charge in [-0.05, 0) is 13.8 Å². The molecular weight excluding hydrogens is 269 g/mol. The van der Waals surface area contributed by atoms with Gasteiger partial charge >= 0.3 is 6.09 Å². The fourth-order valence-corrected chi connectivity index (χ4v) is 1.76. The molecule has 0 aromatic carbocycles. The van der Waals surface area contributed by atoms with Gasteiger partial charge in [-0.1, -0.05) is 28.5 Å². The van der Waals surface area contributed by atoms with Gasteiger partial charge in [-0.2, -0.15) is 0 Å². The molecule has 0 aliphatic rings. The topological polar surface area (TPSA) is 49.3 Å². The average Bonchev–Trinajstić information content (AvgIpc) is 1.98. The number of carboxylic acid groups (broad SMARTS) is 1. The summed E-state index contributed by atoms with van der Waals surface area (Å²) in [5, 5.41) is 10.8. The summed E-state index contributed by atoms with van der Waals surface area (Å²) in [7, 11) is 0. The van der Waals surface area contributed by atoms with Crippen molar-refractivity contribution in [2.45, 2.75) is 19.9 Å². The smallest absolute Gasteiger partial charge is 0.404 e. The van der Waals surface area contributed by atoms with Crippen LogP contribution in [0.25, 0.3) is 0 Å². The first-order valence-corrected chi connectivity index (χ1v) is 5.12. The van der Waals surface area contributed by atoms with Crippen molar-refractivity contribution in [3.8, 4) is 11.8 Å². The highest BCUT2D eigenvalue weighted by molar-refractivity contribution is 14.1. The SMILES string of the molecule is CC#CC(CI)C(C)NC(=O)O.